The molecule has 0 saturated heterocycles. The van der Waals surface area contributed by atoms with Crippen molar-refractivity contribution in [3.05, 3.63) is 0 Å². The first-order chi connectivity index (χ1) is 9.31. The normalized spacial score (nSPS) is 29.8. The number of alkyl halides is 1. The van der Waals surface area contributed by atoms with Crippen LogP contribution in [0.3, 0.4) is 0 Å². The number of rotatable bonds is 3. The first kappa shape index (κ1) is 14.9. The zero-order chi connectivity index (χ0) is 15.0. The molecule has 2 unspecified atom stereocenters. The van der Waals surface area contributed by atoms with Crippen LogP contribution >= 0.6 is 0 Å². The highest BCUT2D eigenvalue weighted by molar-refractivity contribution is 5.99. The quantitative estimate of drug-likeness (QED) is 0.455. The fraction of sp³-hybridized carbons (Fsp3) is 0.786. The molecule has 0 aromatic rings. The van der Waals surface area contributed by atoms with Crippen molar-refractivity contribution < 1.29 is 18.9 Å². The van der Waals surface area contributed by atoms with E-state index in [0.29, 0.717) is 6.42 Å². The Morgan fingerprint density at radius 1 is 1.60 bits per heavy atom. The number of nitrogens with zero attached hydrogens (tertiary/aromatic N) is 2. The first-order valence-electron chi connectivity index (χ1n) is 6.88. The van der Waals surface area contributed by atoms with Gasteiger partial charge in [-0.15, -0.1) is 0 Å². The average Bonchev–Trinajstić information content (AvgIpc) is 2.92. The Labute approximate surface area is 118 Å². The molecule has 20 heavy (non-hydrogen) atoms. The summed E-state index contributed by atoms with van der Waals surface area (Å²) in [4.78, 5) is 22.6. The highest BCUT2D eigenvalue weighted by atomic mass is 19.1. The second kappa shape index (κ2) is 5.14. The fourth-order valence-electron chi connectivity index (χ4n) is 2.80. The molecule has 1 aliphatic heterocycles. The standard InChI is InChI=1S/C14H21FN2O3/c1-9(8-15)16-19-12(18)14-7-5-6-10(14)11(17-20-14)13(2,3)4/h10H,5-8H2,1-4H3/b16-9+. The van der Waals surface area contributed by atoms with Gasteiger partial charge in [-0.1, -0.05) is 31.1 Å². The minimum absolute atomic E-state index is 0.0733. The van der Waals surface area contributed by atoms with Crippen molar-refractivity contribution >= 4 is 17.4 Å². The lowest BCUT2D eigenvalue weighted by molar-refractivity contribution is -0.172. The minimum Gasteiger partial charge on any atom is -0.376 e. The van der Waals surface area contributed by atoms with Crippen LogP contribution in [-0.2, 0) is 14.5 Å². The molecule has 2 atom stereocenters. The summed E-state index contributed by atoms with van der Waals surface area (Å²) in [6.45, 7) is 6.85. The molecule has 1 saturated carbocycles. The van der Waals surface area contributed by atoms with Gasteiger partial charge in [-0.05, 0) is 19.8 Å². The smallest absolute Gasteiger partial charge is 0.376 e. The molecular formula is C14H21FN2O3. The number of halogens is 1. The third-order valence-corrected chi connectivity index (χ3v) is 3.83. The maximum Gasteiger partial charge on any atom is 0.381 e. The molecule has 1 fully saturated rings. The Balaban J connectivity index is 2.18. The van der Waals surface area contributed by atoms with Crippen LogP contribution in [0.4, 0.5) is 4.39 Å². The summed E-state index contributed by atoms with van der Waals surface area (Å²) in [6.07, 6.45) is 2.28. The SMILES string of the molecule is C/C(CF)=N\OC(=O)C12CCCC1C(C(C)(C)C)=NO2. The highest BCUT2D eigenvalue weighted by Crippen LogP contribution is 2.48. The van der Waals surface area contributed by atoms with Crippen LogP contribution < -0.4 is 0 Å². The molecule has 6 heteroatoms. The maximum atomic E-state index is 12.3. The molecule has 1 aliphatic carbocycles. The molecule has 0 aromatic carbocycles. The van der Waals surface area contributed by atoms with Crippen molar-refractivity contribution in [2.45, 2.75) is 52.6 Å². The molecule has 0 radical (unpaired) electrons. The Hall–Kier alpha value is -1.46. The fourth-order valence-corrected chi connectivity index (χ4v) is 2.80. The summed E-state index contributed by atoms with van der Waals surface area (Å²) in [5.41, 5.74) is -0.213. The van der Waals surface area contributed by atoms with Crippen molar-refractivity contribution in [2.24, 2.45) is 21.6 Å². The predicted molar refractivity (Wildman–Crippen MR) is 73.2 cm³/mol. The van der Waals surface area contributed by atoms with Gasteiger partial charge in [-0.25, -0.2) is 9.18 Å². The molecule has 0 amide bonds. The van der Waals surface area contributed by atoms with Gasteiger partial charge in [0, 0.05) is 11.8 Å². The van der Waals surface area contributed by atoms with Gasteiger partial charge in [0.25, 0.3) is 0 Å². The van der Waals surface area contributed by atoms with Gasteiger partial charge < -0.3 is 9.68 Å². The summed E-state index contributed by atoms with van der Waals surface area (Å²) in [6, 6.07) is 0. The third-order valence-electron chi connectivity index (χ3n) is 3.83. The summed E-state index contributed by atoms with van der Waals surface area (Å²) in [7, 11) is 0. The summed E-state index contributed by atoms with van der Waals surface area (Å²) >= 11 is 0. The number of oxime groups is 2. The van der Waals surface area contributed by atoms with Gasteiger partial charge in [0.2, 0.25) is 5.60 Å². The lowest BCUT2D eigenvalue weighted by Crippen LogP contribution is -2.45. The summed E-state index contributed by atoms with van der Waals surface area (Å²) in [5, 5.41) is 7.62. The number of hydrogen-bond acceptors (Lipinski definition) is 5. The number of fused-ring (bicyclic) bond motifs is 1. The Morgan fingerprint density at radius 3 is 2.90 bits per heavy atom. The van der Waals surface area contributed by atoms with Gasteiger partial charge >= 0.3 is 5.97 Å². The van der Waals surface area contributed by atoms with Crippen LogP contribution in [0.25, 0.3) is 0 Å². The van der Waals surface area contributed by atoms with Crippen molar-refractivity contribution in [3.8, 4) is 0 Å². The van der Waals surface area contributed by atoms with E-state index in [9.17, 15) is 9.18 Å². The van der Waals surface area contributed by atoms with E-state index in [4.69, 9.17) is 9.68 Å². The zero-order valence-electron chi connectivity index (χ0n) is 12.4. The second-order valence-electron chi connectivity index (χ2n) is 6.49. The largest absolute Gasteiger partial charge is 0.381 e. The topological polar surface area (TPSA) is 60.2 Å². The molecule has 5 nitrogen and oxygen atoms in total. The number of carbonyl (C=O) groups is 1. The molecule has 0 bridgehead atoms. The third kappa shape index (κ3) is 2.43. The Morgan fingerprint density at radius 2 is 2.30 bits per heavy atom. The molecule has 2 rings (SSSR count). The Bertz CT molecular complexity index is 468. The molecule has 1 heterocycles. The lowest BCUT2D eigenvalue weighted by Gasteiger charge is -2.26. The predicted octanol–water partition coefficient (Wildman–Crippen LogP) is 2.85. The van der Waals surface area contributed by atoms with E-state index in [1.807, 2.05) is 20.8 Å². The number of carbonyl (C=O) groups excluding carboxylic acids is 1. The van der Waals surface area contributed by atoms with Crippen molar-refractivity contribution in [1.29, 1.82) is 0 Å². The zero-order valence-corrected chi connectivity index (χ0v) is 12.4. The molecule has 0 spiro atoms. The molecular weight excluding hydrogens is 263 g/mol. The van der Waals surface area contributed by atoms with E-state index >= 15 is 0 Å². The molecule has 2 aliphatic rings. The van der Waals surface area contributed by atoms with Crippen LogP contribution in [-0.4, -0.2) is 29.7 Å². The van der Waals surface area contributed by atoms with Crippen molar-refractivity contribution in [3.63, 3.8) is 0 Å². The van der Waals surface area contributed by atoms with Crippen LogP contribution in [0.15, 0.2) is 10.3 Å². The van der Waals surface area contributed by atoms with Crippen LogP contribution in [0.5, 0.6) is 0 Å². The second-order valence-corrected chi connectivity index (χ2v) is 6.49. The van der Waals surface area contributed by atoms with Crippen LogP contribution in [0.1, 0.15) is 47.0 Å². The van der Waals surface area contributed by atoms with Crippen molar-refractivity contribution in [2.75, 3.05) is 6.67 Å². The highest BCUT2D eigenvalue weighted by Gasteiger charge is 2.60. The van der Waals surface area contributed by atoms with Crippen LogP contribution in [0.2, 0.25) is 0 Å². The van der Waals surface area contributed by atoms with Crippen LogP contribution in [0, 0.1) is 11.3 Å². The van der Waals surface area contributed by atoms with E-state index in [0.717, 1.165) is 18.6 Å². The minimum atomic E-state index is -1.07. The van der Waals surface area contributed by atoms with Gasteiger partial charge in [0.05, 0.1) is 17.3 Å². The summed E-state index contributed by atoms with van der Waals surface area (Å²) in [5.74, 6) is -0.647. The average molecular weight is 284 g/mol. The maximum absolute atomic E-state index is 12.3. The monoisotopic (exact) mass is 284 g/mol. The van der Waals surface area contributed by atoms with E-state index in [1.54, 1.807) is 0 Å². The van der Waals surface area contributed by atoms with Gasteiger partial charge in [-0.3, -0.25) is 0 Å². The molecule has 112 valence electrons. The van der Waals surface area contributed by atoms with Gasteiger partial charge in [0.1, 0.15) is 6.67 Å². The van der Waals surface area contributed by atoms with Gasteiger partial charge in [-0.2, -0.15) is 0 Å². The number of hydrogen-bond donors (Lipinski definition) is 0. The van der Waals surface area contributed by atoms with E-state index < -0.39 is 18.2 Å². The van der Waals surface area contributed by atoms with E-state index in [1.165, 1.54) is 6.92 Å². The van der Waals surface area contributed by atoms with E-state index in [2.05, 4.69) is 10.3 Å². The lowest BCUT2D eigenvalue weighted by atomic mass is 9.76. The van der Waals surface area contributed by atoms with Crippen molar-refractivity contribution in [1.82, 2.24) is 0 Å². The molecule has 0 N–H and O–H groups in total. The van der Waals surface area contributed by atoms with Gasteiger partial charge in [0.15, 0.2) is 0 Å². The molecule has 0 aromatic heterocycles. The summed E-state index contributed by atoms with van der Waals surface area (Å²) < 4.78 is 12.3. The Kier molecular flexibility index (Phi) is 3.84. The first-order valence-corrected chi connectivity index (χ1v) is 6.88. The van der Waals surface area contributed by atoms with E-state index in [-0.39, 0.29) is 17.0 Å².